The van der Waals surface area contributed by atoms with E-state index in [-0.39, 0.29) is 30.7 Å². The third kappa shape index (κ3) is 5.72. The molecule has 1 aromatic carbocycles. The molecule has 1 unspecified atom stereocenters. The maximum absolute atomic E-state index is 12.6. The molecular weight excluding hydrogens is 411 g/mol. The topological polar surface area (TPSA) is 61.6 Å². The average Bonchev–Trinajstić information content (AvgIpc) is 3.35. The molecule has 0 radical (unpaired) electrons. The summed E-state index contributed by atoms with van der Waals surface area (Å²) < 4.78 is 5.93. The number of oxazole rings is 1. The SMILES string of the molecule is Cc1nc(CCC(=O)N2CCC(N3CCNCC3)C2)oc1-c1ccccc1.Cl.Cl. The fourth-order valence-corrected chi connectivity index (χ4v) is 4.10. The standard InChI is InChI=1S/C21H28N4O2.2ClH/c1-16-21(17-5-3-2-4-6-17)27-19(23-16)7-8-20(26)25-12-9-18(15-25)24-13-10-22-11-14-24;;/h2-6,18,22H,7-15H2,1H3;2*1H. The number of benzene rings is 1. The molecule has 1 atom stereocenters. The van der Waals surface area contributed by atoms with Gasteiger partial charge >= 0.3 is 0 Å². The smallest absolute Gasteiger partial charge is 0.223 e. The number of halogens is 2. The first kappa shape index (κ1) is 23.7. The highest BCUT2D eigenvalue weighted by Gasteiger charge is 2.30. The summed E-state index contributed by atoms with van der Waals surface area (Å²) in [6.07, 6.45) is 2.10. The van der Waals surface area contributed by atoms with E-state index in [9.17, 15) is 4.79 Å². The molecule has 2 saturated heterocycles. The number of carbonyl (C=O) groups excluding carboxylic acids is 1. The van der Waals surface area contributed by atoms with Gasteiger partial charge in [-0.15, -0.1) is 24.8 Å². The largest absolute Gasteiger partial charge is 0.440 e. The number of carbonyl (C=O) groups is 1. The third-order valence-electron chi connectivity index (χ3n) is 5.61. The summed E-state index contributed by atoms with van der Waals surface area (Å²) in [4.78, 5) is 21.7. The van der Waals surface area contributed by atoms with Gasteiger partial charge in [-0.05, 0) is 13.3 Å². The summed E-state index contributed by atoms with van der Waals surface area (Å²) in [7, 11) is 0. The summed E-state index contributed by atoms with van der Waals surface area (Å²) in [5.41, 5.74) is 1.90. The lowest BCUT2D eigenvalue weighted by molar-refractivity contribution is -0.130. The van der Waals surface area contributed by atoms with E-state index in [1.807, 2.05) is 42.2 Å². The molecular formula is C21H30Cl2N4O2. The number of nitrogens with zero attached hydrogens (tertiary/aromatic N) is 3. The van der Waals surface area contributed by atoms with E-state index >= 15 is 0 Å². The Bertz CT molecular complexity index is 778. The van der Waals surface area contributed by atoms with Crippen LogP contribution in [-0.2, 0) is 11.2 Å². The van der Waals surface area contributed by atoms with Crippen LogP contribution in [0.25, 0.3) is 11.3 Å². The van der Waals surface area contributed by atoms with Gasteiger partial charge in [-0.2, -0.15) is 0 Å². The van der Waals surface area contributed by atoms with Crippen molar-refractivity contribution in [3.05, 3.63) is 41.9 Å². The number of nitrogens with one attached hydrogen (secondary N) is 1. The number of rotatable bonds is 5. The number of likely N-dealkylation sites (tertiary alicyclic amines) is 1. The van der Waals surface area contributed by atoms with Gasteiger partial charge in [-0.1, -0.05) is 30.3 Å². The van der Waals surface area contributed by atoms with Gasteiger partial charge < -0.3 is 14.6 Å². The molecule has 0 bridgehead atoms. The van der Waals surface area contributed by atoms with Crippen LogP contribution in [0.5, 0.6) is 0 Å². The van der Waals surface area contributed by atoms with E-state index in [2.05, 4.69) is 15.2 Å². The molecule has 0 spiro atoms. The minimum Gasteiger partial charge on any atom is -0.440 e. The van der Waals surface area contributed by atoms with E-state index in [1.165, 1.54) is 0 Å². The van der Waals surface area contributed by atoms with E-state index in [0.717, 1.165) is 62.7 Å². The molecule has 2 aliphatic rings. The Balaban J connectivity index is 0.00000150. The van der Waals surface area contributed by atoms with Crippen molar-refractivity contribution in [1.82, 2.24) is 20.1 Å². The van der Waals surface area contributed by atoms with Crippen molar-refractivity contribution in [1.29, 1.82) is 0 Å². The van der Waals surface area contributed by atoms with Gasteiger partial charge in [-0.3, -0.25) is 9.69 Å². The summed E-state index contributed by atoms with van der Waals surface area (Å²) in [5, 5.41) is 3.39. The van der Waals surface area contributed by atoms with Crippen LogP contribution in [-0.4, -0.2) is 66.0 Å². The lowest BCUT2D eigenvalue weighted by Crippen LogP contribution is -2.49. The van der Waals surface area contributed by atoms with Gasteiger partial charge in [0.15, 0.2) is 11.7 Å². The molecule has 2 aromatic rings. The number of aromatic nitrogens is 1. The zero-order chi connectivity index (χ0) is 18.6. The van der Waals surface area contributed by atoms with Crippen molar-refractivity contribution in [3.63, 3.8) is 0 Å². The van der Waals surface area contributed by atoms with Gasteiger partial charge in [0.05, 0.1) is 5.69 Å². The van der Waals surface area contributed by atoms with Crippen molar-refractivity contribution in [3.8, 4) is 11.3 Å². The molecule has 3 heterocycles. The Labute approximate surface area is 184 Å². The highest BCUT2D eigenvalue weighted by Crippen LogP contribution is 2.25. The first-order chi connectivity index (χ1) is 13.2. The van der Waals surface area contributed by atoms with Crippen molar-refractivity contribution in [2.75, 3.05) is 39.3 Å². The number of aryl methyl sites for hydroxylation is 2. The molecule has 160 valence electrons. The first-order valence-electron chi connectivity index (χ1n) is 9.95. The molecule has 2 fully saturated rings. The first-order valence-corrected chi connectivity index (χ1v) is 9.95. The van der Waals surface area contributed by atoms with Crippen LogP contribution in [0.2, 0.25) is 0 Å². The van der Waals surface area contributed by atoms with Crippen LogP contribution in [0.1, 0.15) is 24.4 Å². The average molecular weight is 441 g/mol. The fraction of sp³-hybridized carbons (Fsp3) is 0.524. The lowest BCUT2D eigenvalue weighted by Gasteiger charge is -2.32. The Morgan fingerprint density at radius 3 is 2.62 bits per heavy atom. The van der Waals surface area contributed by atoms with Crippen LogP contribution in [0.15, 0.2) is 34.7 Å². The predicted octanol–water partition coefficient (Wildman–Crippen LogP) is 2.93. The summed E-state index contributed by atoms with van der Waals surface area (Å²) >= 11 is 0. The van der Waals surface area contributed by atoms with E-state index < -0.39 is 0 Å². The molecule has 6 nitrogen and oxygen atoms in total. The van der Waals surface area contributed by atoms with Crippen LogP contribution in [0.3, 0.4) is 0 Å². The molecule has 4 rings (SSSR count). The number of hydrogen-bond acceptors (Lipinski definition) is 5. The molecule has 1 amide bonds. The highest BCUT2D eigenvalue weighted by atomic mass is 35.5. The predicted molar refractivity (Wildman–Crippen MR) is 119 cm³/mol. The zero-order valence-electron chi connectivity index (χ0n) is 16.8. The van der Waals surface area contributed by atoms with Crippen LogP contribution in [0, 0.1) is 6.92 Å². The van der Waals surface area contributed by atoms with Crippen LogP contribution < -0.4 is 5.32 Å². The minimum absolute atomic E-state index is 0. The molecule has 29 heavy (non-hydrogen) atoms. The Morgan fingerprint density at radius 1 is 1.17 bits per heavy atom. The molecule has 0 aliphatic carbocycles. The lowest BCUT2D eigenvalue weighted by atomic mass is 10.1. The van der Waals surface area contributed by atoms with Crippen molar-refractivity contribution >= 4 is 30.7 Å². The number of piperazine rings is 1. The Hall–Kier alpha value is -1.60. The van der Waals surface area contributed by atoms with E-state index in [1.54, 1.807) is 0 Å². The second kappa shape index (κ2) is 11.0. The van der Waals surface area contributed by atoms with E-state index in [4.69, 9.17) is 4.42 Å². The third-order valence-corrected chi connectivity index (χ3v) is 5.61. The monoisotopic (exact) mass is 440 g/mol. The molecule has 8 heteroatoms. The van der Waals surface area contributed by atoms with Gasteiger partial charge in [0.1, 0.15) is 0 Å². The van der Waals surface area contributed by atoms with Gasteiger partial charge in [-0.25, -0.2) is 4.98 Å². The Morgan fingerprint density at radius 2 is 1.90 bits per heavy atom. The van der Waals surface area contributed by atoms with Crippen molar-refractivity contribution < 1.29 is 9.21 Å². The normalized spacial score (nSPS) is 19.5. The molecule has 1 aromatic heterocycles. The van der Waals surface area contributed by atoms with Crippen LogP contribution >= 0.6 is 24.8 Å². The molecule has 0 saturated carbocycles. The van der Waals surface area contributed by atoms with Gasteiger partial charge in [0.2, 0.25) is 5.91 Å². The van der Waals surface area contributed by atoms with Crippen molar-refractivity contribution in [2.24, 2.45) is 0 Å². The highest BCUT2D eigenvalue weighted by molar-refractivity contribution is 5.85. The van der Waals surface area contributed by atoms with Crippen molar-refractivity contribution in [2.45, 2.75) is 32.2 Å². The number of hydrogen-bond donors (Lipinski definition) is 1. The minimum atomic E-state index is 0. The number of amides is 1. The summed E-state index contributed by atoms with van der Waals surface area (Å²) in [5.74, 6) is 1.67. The maximum Gasteiger partial charge on any atom is 0.223 e. The molecule has 1 N–H and O–H groups in total. The quantitative estimate of drug-likeness (QED) is 0.773. The fourth-order valence-electron chi connectivity index (χ4n) is 4.10. The van der Waals surface area contributed by atoms with E-state index in [0.29, 0.717) is 24.8 Å². The van der Waals surface area contributed by atoms with Crippen LogP contribution in [0.4, 0.5) is 0 Å². The summed E-state index contributed by atoms with van der Waals surface area (Å²) in [6.45, 7) is 7.96. The molecule has 2 aliphatic heterocycles. The Kier molecular flexibility index (Phi) is 8.96. The van der Waals surface area contributed by atoms with Gasteiger partial charge in [0.25, 0.3) is 0 Å². The summed E-state index contributed by atoms with van der Waals surface area (Å²) in [6, 6.07) is 10.5. The zero-order valence-corrected chi connectivity index (χ0v) is 18.4. The maximum atomic E-state index is 12.6. The van der Waals surface area contributed by atoms with Gasteiger partial charge in [0, 0.05) is 63.7 Å². The second-order valence-electron chi connectivity index (χ2n) is 7.46. The second-order valence-corrected chi connectivity index (χ2v) is 7.46.